The molecule has 1 aromatic rings. The van der Waals surface area contributed by atoms with Gasteiger partial charge in [0.05, 0.1) is 24.0 Å². The maximum Gasteiger partial charge on any atom is 0.306 e. The highest BCUT2D eigenvalue weighted by Crippen LogP contribution is 2.23. The third kappa shape index (κ3) is 4.27. The number of carbonyl (C=O) groups is 1. The molecule has 3 rings (SSSR count). The van der Waals surface area contributed by atoms with Gasteiger partial charge in [0, 0.05) is 39.3 Å². The van der Waals surface area contributed by atoms with Crippen LogP contribution >= 0.6 is 12.4 Å². The first kappa shape index (κ1) is 18.7. The third-order valence-electron chi connectivity index (χ3n) is 4.94. The smallest absolute Gasteiger partial charge is 0.306 e. The molecule has 2 aliphatic rings. The fraction of sp³-hybridized carbons (Fsp3) is 0.688. The fourth-order valence-electron chi connectivity index (χ4n) is 3.29. The summed E-state index contributed by atoms with van der Waals surface area (Å²) in [7, 11) is 0. The lowest BCUT2D eigenvalue weighted by atomic mass is 9.97. The Bertz CT molecular complexity index is 526. The van der Waals surface area contributed by atoms with E-state index in [0.29, 0.717) is 12.8 Å². The van der Waals surface area contributed by atoms with Gasteiger partial charge in [-0.3, -0.25) is 4.79 Å². The van der Waals surface area contributed by atoms with Gasteiger partial charge in [-0.15, -0.1) is 12.4 Å². The number of carboxylic acid groups (broad SMARTS) is 1. The lowest BCUT2D eigenvalue weighted by molar-refractivity contribution is -0.142. The van der Waals surface area contributed by atoms with Gasteiger partial charge in [-0.25, -0.2) is 9.97 Å². The van der Waals surface area contributed by atoms with E-state index in [1.54, 1.807) is 0 Å². The molecule has 1 aromatic heterocycles. The molecule has 8 heteroatoms. The van der Waals surface area contributed by atoms with Crippen LogP contribution in [0.5, 0.6) is 0 Å². The van der Waals surface area contributed by atoms with Gasteiger partial charge in [-0.05, 0) is 19.4 Å². The second-order valence-electron chi connectivity index (χ2n) is 6.26. The molecule has 1 N–H and O–H groups in total. The fourth-order valence-corrected chi connectivity index (χ4v) is 3.29. The van der Waals surface area contributed by atoms with Crippen LogP contribution in [0.1, 0.15) is 19.8 Å². The molecule has 0 spiro atoms. The molecule has 0 saturated carbocycles. The van der Waals surface area contributed by atoms with Crippen molar-refractivity contribution in [2.75, 3.05) is 55.6 Å². The van der Waals surface area contributed by atoms with E-state index in [1.165, 1.54) is 0 Å². The molecule has 24 heavy (non-hydrogen) atoms. The molecule has 2 aliphatic heterocycles. The number of aliphatic carboxylic acids is 1. The summed E-state index contributed by atoms with van der Waals surface area (Å²) in [6.45, 7) is 8.86. The molecule has 0 bridgehead atoms. The number of hydrogen-bond acceptors (Lipinski definition) is 6. The molecule has 0 amide bonds. The Labute approximate surface area is 149 Å². The third-order valence-corrected chi connectivity index (χ3v) is 4.94. The summed E-state index contributed by atoms with van der Waals surface area (Å²) < 4.78 is 0. The molecule has 3 heterocycles. The van der Waals surface area contributed by atoms with Crippen molar-refractivity contribution in [3.05, 3.63) is 12.4 Å². The Kier molecular flexibility index (Phi) is 6.62. The van der Waals surface area contributed by atoms with Gasteiger partial charge in [0.15, 0.2) is 0 Å². The number of nitrogens with zero attached hydrogens (tertiary/aromatic N) is 5. The number of hydrogen-bond donors (Lipinski definition) is 1. The summed E-state index contributed by atoms with van der Waals surface area (Å²) in [5.74, 6) is -0.0892. The average Bonchev–Trinajstić information content (AvgIpc) is 2.62. The van der Waals surface area contributed by atoms with E-state index in [2.05, 4.69) is 31.6 Å². The summed E-state index contributed by atoms with van der Waals surface area (Å²) >= 11 is 0. The summed E-state index contributed by atoms with van der Waals surface area (Å²) in [6, 6.07) is 0. The number of aromatic nitrogens is 2. The molecular weight excluding hydrogens is 330 g/mol. The minimum absolute atomic E-state index is 0. The number of likely N-dealkylation sites (N-methyl/N-ethyl adjacent to an activating group) is 1. The molecule has 0 aromatic carbocycles. The molecule has 0 radical (unpaired) electrons. The SMILES string of the molecule is CCN1CCN(c2ncc(N3CCC(C(=O)O)CC3)cn2)CC1.Cl. The largest absolute Gasteiger partial charge is 0.481 e. The zero-order valence-corrected chi connectivity index (χ0v) is 14.9. The zero-order chi connectivity index (χ0) is 16.2. The normalized spacial score (nSPS) is 19.9. The van der Waals surface area contributed by atoms with Crippen molar-refractivity contribution in [2.45, 2.75) is 19.8 Å². The van der Waals surface area contributed by atoms with Crippen LogP contribution in [0.3, 0.4) is 0 Å². The van der Waals surface area contributed by atoms with Crippen LogP contribution in [0, 0.1) is 5.92 Å². The maximum absolute atomic E-state index is 11.0. The maximum atomic E-state index is 11.0. The summed E-state index contributed by atoms with van der Waals surface area (Å²) in [5, 5.41) is 9.06. The summed E-state index contributed by atoms with van der Waals surface area (Å²) in [6.07, 6.45) is 5.12. The quantitative estimate of drug-likeness (QED) is 0.873. The second-order valence-corrected chi connectivity index (χ2v) is 6.26. The van der Waals surface area contributed by atoms with E-state index < -0.39 is 5.97 Å². The van der Waals surface area contributed by atoms with Crippen molar-refractivity contribution in [3.8, 4) is 0 Å². The van der Waals surface area contributed by atoms with Gasteiger partial charge in [0.2, 0.25) is 5.95 Å². The van der Waals surface area contributed by atoms with Crippen LogP contribution in [-0.2, 0) is 4.79 Å². The van der Waals surface area contributed by atoms with E-state index in [0.717, 1.165) is 57.4 Å². The molecule has 2 fully saturated rings. The van der Waals surface area contributed by atoms with Crippen LogP contribution in [0.15, 0.2) is 12.4 Å². The minimum Gasteiger partial charge on any atom is -0.481 e. The van der Waals surface area contributed by atoms with Gasteiger partial charge in [0.25, 0.3) is 0 Å². The van der Waals surface area contributed by atoms with E-state index in [-0.39, 0.29) is 18.3 Å². The number of rotatable bonds is 4. The van der Waals surface area contributed by atoms with E-state index in [9.17, 15) is 4.79 Å². The van der Waals surface area contributed by atoms with Crippen molar-refractivity contribution in [1.29, 1.82) is 0 Å². The summed E-state index contributed by atoms with van der Waals surface area (Å²) in [4.78, 5) is 26.9. The highest BCUT2D eigenvalue weighted by Gasteiger charge is 2.25. The molecule has 0 unspecified atom stereocenters. The van der Waals surface area contributed by atoms with Gasteiger partial charge < -0.3 is 19.8 Å². The number of halogens is 1. The number of anilines is 2. The highest BCUT2D eigenvalue weighted by atomic mass is 35.5. The van der Waals surface area contributed by atoms with Crippen molar-refractivity contribution in [1.82, 2.24) is 14.9 Å². The minimum atomic E-state index is -0.678. The standard InChI is InChI=1S/C16H25N5O2.ClH/c1-2-19-7-9-21(10-8-19)16-17-11-14(12-18-16)20-5-3-13(4-6-20)15(22)23;/h11-13H,2-10H2,1H3,(H,22,23);1H. The second kappa shape index (κ2) is 8.48. The molecule has 7 nitrogen and oxygen atoms in total. The molecule has 134 valence electrons. The molecular formula is C16H26ClN5O2. The van der Waals surface area contributed by atoms with Crippen LogP contribution in [0.4, 0.5) is 11.6 Å². The van der Waals surface area contributed by atoms with Gasteiger partial charge in [0.1, 0.15) is 0 Å². The Hall–Kier alpha value is -1.60. The molecule has 0 aliphatic carbocycles. The van der Waals surface area contributed by atoms with Crippen molar-refractivity contribution in [2.24, 2.45) is 5.92 Å². The first-order valence-corrected chi connectivity index (χ1v) is 8.44. The Balaban J connectivity index is 0.00000208. The number of piperazine rings is 1. The van der Waals surface area contributed by atoms with Crippen LogP contribution < -0.4 is 9.80 Å². The first-order valence-electron chi connectivity index (χ1n) is 8.44. The van der Waals surface area contributed by atoms with Crippen LogP contribution in [-0.4, -0.2) is 71.8 Å². The van der Waals surface area contributed by atoms with E-state index >= 15 is 0 Å². The predicted octanol–water partition coefficient (Wildman–Crippen LogP) is 1.34. The number of carboxylic acids is 1. The van der Waals surface area contributed by atoms with Crippen molar-refractivity contribution < 1.29 is 9.90 Å². The van der Waals surface area contributed by atoms with Gasteiger partial charge in [-0.2, -0.15) is 0 Å². The molecule has 2 saturated heterocycles. The lowest BCUT2D eigenvalue weighted by Crippen LogP contribution is -2.46. The Morgan fingerprint density at radius 2 is 1.67 bits per heavy atom. The topological polar surface area (TPSA) is 72.8 Å². The average molecular weight is 356 g/mol. The first-order chi connectivity index (χ1) is 11.2. The van der Waals surface area contributed by atoms with Crippen LogP contribution in [0.25, 0.3) is 0 Å². The lowest BCUT2D eigenvalue weighted by Gasteiger charge is -2.34. The predicted molar refractivity (Wildman–Crippen MR) is 96.2 cm³/mol. The Morgan fingerprint density at radius 1 is 1.08 bits per heavy atom. The van der Waals surface area contributed by atoms with Crippen LogP contribution in [0.2, 0.25) is 0 Å². The number of piperidine rings is 1. The Morgan fingerprint density at radius 3 is 2.17 bits per heavy atom. The van der Waals surface area contributed by atoms with E-state index in [1.807, 2.05) is 12.4 Å². The van der Waals surface area contributed by atoms with Crippen molar-refractivity contribution in [3.63, 3.8) is 0 Å². The monoisotopic (exact) mass is 355 g/mol. The highest BCUT2D eigenvalue weighted by molar-refractivity contribution is 5.85. The van der Waals surface area contributed by atoms with E-state index in [4.69, 9.17) is 5.11 Å². The van der Waals surface area contributed by atoms with Gasteiger partial charge >= 0.3 is 5.97 Å². The van der Waals surface area contributed by atoms with Crippen molar-refractivity contribution >= 4 is 30.0 Å². The van der Waals surface area contributed by atoms with Gasteiger partial charge in [-0.1, -0.05) is 6.92 Å². The molecule has 0 atom stereocenters. The zero-order valence-electron chi connectivity index (χ0n) is 14.1. The summed E-state index contributed by atoms with van der Waals surface area (Å²) in [5.41, 5.74) is 0.991.